The summed E-state index contributed by atoms with van der Waals surface area (Å²) in [4.78, 5) is 26.1. The molecule has 1 N–H and O–H groups in total. The number of carbonyl (C=O) groups excluding carboxylic acids is 2. The summed E-state index contributed by atoms with van der Waals surface area (Å²) in [6, 6.07) is 5.11. The number of nitrogens with one attached hydrogen (secondary N) is 1. The maximum absolute atomic E-state index is 12.5. The van der Waals surface area contributed by atoms with Gasteiger partial charge in [-0.1, -0.05) is 13.3 Å². The molecule has 1 saturated heterocycles. The van der Waals surface area contributed by atoms with Gasteiger partial charge in [-0.2, -0.15) is 0 Å². The van der Waals surface area contributed by atoms with Crippen LogP contribution in [0.25, 0.3) is 0 Å². The second-order valence-corrected chi connectivity index (χ2v) is 6.27. The van der Waals surface area contributed by atoms with Crippen LogP contribution in [-0.2, 0) is 4.74 Å². The molecule has 1 aromatic carbocycles. The standard InChI is InChI=1S/C19H28N2O5/c1-4-5-12-26-19(23)21-10-8-15(9-11-21)20-18(22)14-6-7-16(24-2)17(13-14)25-3/h6-7,13,15H,4-5,8-12H2,1-3H3,(H,20,22). The van der Waals surface area contributed by atoms with Crippen molar-refractivity contribution in [3.8, 4) is 11.5 Å². The Hall–Kier alpha value is -2.44. The van der Waals surface area contributed by atoms with E-state index < -0.39 is 0 Å². The monoisotopic (exact) mass is 364 g/mol. The summed E-state index contributed by atoms with van der Waals surface area (Å²) in [6.45, 7) is 3.69. The van der Waals surface area contributed by atoms with Gasteiger partial charge in [-0.05, 0) is 37.5 Å². The first-order valence-electron chi connectivity index (χ1n) is 9.03. The van der Waals surface area contributed by atoms with Crippen molar-refractivity contribution in [1.29, 1.82) is 0 Å². The van der Waals surface area contributed by atoms with Crippen molar-refractivity contribution in [2.75, 3.05) is 33.9 Å². The number of carbonyl (C=O) groups is 2. The average Bonchev–Trinajstić information content (AvgIpc) is 2.68. The zero-order valence-electron chi connectivity index (χ0n) is 15.7. The van der Waals surface area contributed by atoms with Crippen LogP contribution in [0, 0.1) is 0 Å². The van der Waals surface area contributed by atoms with Crippen molar-refractivity contribution < 1.29 is 23.8 Å². The molecule has 1 aromatic rings. The van der Waals surface area contributed by atoms with E-state index in [-0.39, 0.29) is 18.0 Å². The molecular formula is C19H28N2O5. The van der Waals surface area contributed by atoms with Gasteiger partial charge < -0.3 is 24.4 Å². The third-order valence-corrected chi connectivity index (χ3v) is 4.46. The number of unbranched alkanes of at least 4 members (excludes halogenated alkanes) is 1. The number of ether oxygens (including phenoxy) is 3. The molecule has 26 heavy (non-hydrogen) atoms. The van der Waals surface area contributed by atoms with Crippen LogP contribution in [0.4, 0.5) is 4.79 Å². The first kappa shape index (κ1) is 19.9. The third-order valence-electron chi connectivity index (χ3n) is 4.46. The molecule has 0 unspecified atom stereocenters. The first-order valence-corrected chi connectivity index (χ1v) is 9.03. The van der Waals surface area contributed by atoms with Crippen LogP contribution in [0.5, 0.6) is 11.5 Å². The molecule has 0 radical (unpaired) electrons. The summed E-state index contributed by atoms with van der Waals surface area (Å²) in [5, 5.41) is 3.02. The minimum absolute atomic E-state index is 0.0373. The number of likely N-dealkylation sites (tertiary alicyclic amines) is 1. The Morgan fingerprint density at radius 2 is 1.85 bits per heavy atom. The van der Waals surface area contributed by atoms with E-state index in [2.05, 4.69) is 12.2 Å². The molecule has 2 rings (SSSR count). The molecule has 7 nitrogen and oxygen atoms in total. The van der Waals surface area contributed by atoms with E-state index >= 15 is 0 Å². The van der Waals surface area contributed by atoms with Crippen LogP contribution in [0.2, 0.25) is 0 Å². The Bertz CT molecular complexity index is 612. The molecule has 1 aliphatic heterocycles. The Balaban J connectivity index is 1.83. The molecule has 0 spiro atoms. The molecule has 0 saturated carbocycles. The van der Waals surface area contributed by atoms with Crippen LogP contribution in [-0.4, -0.2) is 56.9 Å². The molecule has 144 valence electrons. The van der Waals surface area contributed by atoms with Crippen LogP contribution in [0.3, 0.4) is 0 Å². The third kappa shape index (κ3) is 5.28. The highest BCUT2D eigenvalue weighted by Crippen LogP contribution is 2.27. The summed E-state index contributed by atoms with van der Waals surface area (Å²) in [5.74, 6) is 0.943. The number of hydrogen-bond donors (Lipinski definition) is 1. The molecule has 0 bridgehead atoms. The van der Waals surface area contributed by atoms with Crippen LogP contribution >= 0.6 is 0 Å². The summed E-state index contributed by atoms with van der Waals surface area (Å²) < 4.78 is 15.6. The van der Waals surface area contributed by atoms with Gasteiger partial charge >= 0.3 is 6.09 Å². The van der Waals surface area contributed by atoms with E-state index in [9.17, 15) is 9.59 Å². The van der Waals surface area contributed by atoms with Crippen LogP contribution in [0.15, 0.2) is 18.2 Å². The fraction of sp³-hybridized carbons (Fsp3) is 0.579. The van der Waals surface area contributed by atoms with E-state index in [0.717, 1.165) is 12.8 Å². The zero-order valence-corrected chi connectivity index (χ0v) is 15.7. The largest absolute Gasteiger partial charge is 0.493 e. The molecule has 1 heterocycles. The predicted octanol–water partition coefficient (Wildman–Crippen LogP) is 2.83. The van der Waals surface area contributed by atoms with Crippen molar-refractivity contribution >= 4 is 12.0 Å². The minimum atomic E-state index is -0.261. The van der Waals surface area contributed by atoms with Gasteiger partial charge in [0.05, 0.1) is 20.8 Å². The van der Waals surface area contributed by atoms with E-state index in [4.69, 9.17) is 14.2 Å². The van der Waals surface area contributed by atoms with Crippen molar-refractivity contribution in [3.63, 3.8) is 0 Å². The summed E-state index contributed by atoms with van der Waals surface area (Å²) in [6.07, 6.45) is 3.04. The van der Waals surface area contributed by atoms with Crippen LogP contribution < -0.4 is 14.8 Å². The molecule has 7 heteroatoms. The molecule has 1 fully saturated rings. The van der Waals surface area contributed by atoms with Gasteiger partial charge in [-0.25, -0.2) is 4.79 Å². The molecule has 0 aliphatic carbocycles. The fourth-order valence-electron chi connectivity index (χ4n) is 2.85. The number of nitrogens with zero attached hydrogens (tertiary/aromatic N) is 1. The number of benzene rings is 1. The SMILES string of the molecule is CCCCOC(=O)N1CCC(NC(=O)c2ccc(OC)c(OC)c2)CC1. The second-order valence-electron chi connectivity index (χ2n) is 6.27. The molecule has 2 amide bonds. The number of amides is 2. The Morgan fingerprint density at radius 3 is 2.46 bits per heavy atom. The van der Waals surface area contributed by atoms with Gasteiger partial charge in [0.2, 0.25) is 0 Å². The lowest BCUT2D eigenvalue weighted by Gasteiger charge is -2.31. The lowest BCUT2D eigenvalue weighted by Crippen LogP contribution is -2.46. The van der Waals surface area contributed by atoms with Gasteiger partial charge in [-0.15, -0.1) is 0 Å². The highest BCUT2D eigenvalue weighted by Gasteiger charge is 2.25. The summed E-state index contributed by atoms with van der Waals surface area (Å²) >= 11 is 0. The lowest BCUT2D eigenvalue weighted by molar-refractivity contribution is 0.0836. The predicted molar refractivity (Wildman–Crippen MR) is 97.9 cm³/mol. The number of rotatable bonds is 7. The van der Waals surface area contributed by atoms with E-state index in [1.54, 1.807) is 30.2 Å². The van der Waals surface area contributed by atoms with Gasteiger partial charge in [0.15, 0.2) is 11.5 Å². The van der Waals surface area contributed by atoms with Crippen molar-refractivity contribution in [1.82, 2.24) is 10.2 Å². The molecule has 0 aromatic heterocycles. The molecular weight excluding hydrogens is 336 g/mol. The van der Waals surface area contributed by atoms with E-state index in [1.165, 1.54) is 7.11 Å². The summed E-state index contributed by atoms with van der Waals surface area (Å²) in [5.41, 5.74) is 0.518. The minimum Gasteiger partial charge on any atom is -0.493 e. The Labute approximate surface area is 154 Å². The number of methoxy groups -OCH3 is 2. The maximum Gasteiger partial charge on any atom is 0.409 e. The van der Waals surface area contributed by atoms with Gasteiger partial charge in [0.25, 0.3) is 5.91 Å². The number of piperidine rings is 1. The van der Waals surface area contributed by atoms with Gasteiger partial charge in [-0.3, -0.25) is 4.79 Å². The maximum atomic E-state index is 12.5. The highest BCUT2D eigenvalue weighted by atomic mass is 16.6. The van der Waals surface area contributed by atoms with Gasteiger partial charge in [0.1, 0.15) is 0 Å². The van der Waals surface area contributed by atoms with Crippen molar-refractivity contribution in [3.05, 3.63) is 23.8 Å². The highest BCUT2D eigenvalue weighted by molar-refractivity contribution is 5.95. The van der Waals surface area contributed by atoms with Crippen LogP contribution in [0.1, 0.15) is 43.0 Å². The molecule has 1 aliphatic rings. The smallest absolute Gasteiger partial charge is 0.409 e. The Kier molecular flexibility index (Phi) is 7.56. The zero-order chi connectivity index (χ0) is 18.9. The normalized spacial score (nSPS) is 14.7. The summed E-state index contributed by atoms with van der Waals surface area (Å²) in [7, 11) is 3.09. The van der Waals surface area contributed by atoms with Gasteiger partial charge in [0, 0.05) is 24.7 Å². The number of hydrogen-bond acceptors (Lipinski definition) is 5. The Morgan fingerprint density at radius 1 is 1.15 bits per heavy atom. The van der Waals surface area contributed by atoms with E-state index in [1.807, 2.05) is 0 Å². The van der Waals surface area contributed by atoms with E-state index in [0.29, 0.717) is 49.6 Å². The quantitative estimate of drug-likeness (QED) is 0.753. The van der Waals surface area contributed by atoms with Crippen molar-refractivity contribution in [2.24, 2.45) is 0 Å². The first-order chi connectivity index (χ1) is 12.6. The topological polar surface area (TPSA) is 77.1 Å². The lowest BCUT2D eigenvalue weighted by atomic mass is 10.0. The molecule has 0 atom stereocenters. The fourth-order valence-corrected chi connectivity index (χ4v) is 2.85. The van der Waals surface area contributed by atoms with Crippen molar-refractivity contribution in [2.45, 2.75) is 38.6 Å². The average molecular weight is 364 g/mol. The second kappa shape index (κ2) is 9.89.